The molecule has 1 heterocycles. The average molecular weight is 377 g/mol. The van der Waals surface area contributed by atoms with E-state index in [1.807, 2.05) is 30.3 Å². The number of carbonyl (C=O) groups is 1. The van der Waals surface area contributed by atoms with Gasteiger partial charge in [0.25, 0.3) is 0 Å². The molecule has 0 bridgehead atoms. The van der Waals surface area contributed by atoms with Crippen molar-refractivity contribution >= 4 is 13.7 Å². The van der Waals surface area contributed by atoms with E-state index in [0.29, 0.717) is 25.3 Å². The third-order valence-corrected chi connectivity index (χ3v) is 4.52. The van der Waals surface area contributed by atoms with Gasteiger partial charge >= 0.3 is 13.7 Å². The molecule has 0 fully saturated rings. The van der Waals surface area contributed by atoms with Crippen molar-refractivity contribution in [2.24, 2.45) is 0 Å². The third kappa shape index (κ3) is 5.08. The van der Waals surface area contributed by atoms with E-state index in [9.17, 15) is 9.36 Å². The van der Waals surface area contributed by atoms with Crippen molar-refractivity contribution in [1.29, 1.82) is 0 Å². The normalized spacial score (nSPS) is 13.8. The molecule has 3 rings (SSSR count). The van der Waals surface area contributed by atoms with Crippen LogP contribution in [-0.2, 0) is 28.9 Å². The molecule has 1 aliphatic rings. The Morgan fingerprint density at radius 1 is 1.12 bits per heavy atom. The first-order valence-corrected chi connectivity index (χ1v) is 9.95. The lowest BCUT2D eigenvalue weighted by Crippen LogP contribution is -2.36. The van der Waals surface area contributed by atoms with Crippen LogP contribution in [0.1, 0.15) is 16.7 Å². The zero-order chi connectivity index (χ0) is 18.6. The Labute approximate surface area is 151 Å². The largest absolute Gasteiger partial charge is 0.481 e. The van der Waals surface area contributed by atoms with Crippen LogP contribution in [0.25, 0.3) is 0 Å². The average Bonchev–Trinajstić information content (AvgIpc) is 2.64. The Kier molecular flexibility index (Phi) is 5.61. The lowest BCUT2D eigenvalue weighted by molar-refractivity contribution is 0.0918. The highest BCUT2D eigenvalue weighted by molar-refractivity contribution is 7.51. The number of hydrogen-bond acceptors (Lipinski definition) is 4. The molecule has 2 N–H and O–H groups in total. The fraction of sp³-hybridized carbons (Fsp3) is 0.278. The molecule has 0 spiro atoms. The smallest absolute Gasteiger partial charge is 0.410 e. The summed E-state index contributed by atoms with van der Waals surface area (Å²) in [5, 5.41) is 0. The number of benzene rings is 2. The van der Waals surface area contributed by atoms with Gasteiger partial charge in [-0.3, -0.25) is 4.57 Å². The van der Waals surface area contributed by atoms with E-state index in [4.69, 9.17) is 19.3 Å². The lowest BCUT2D eigenvalue weighted by atomic mass is 10.00. The van der Waals surface area contributed by atoms with Gasteiger partial charge in [-0.25, -0.2) is 4.79 Å². The van der Waals surface area contributed by atoms with Gasteiger partial charge in [-0.15, -0.1) is 0 Å². The molecule has 26 heavy (non-hydrogen) atoms. The van der Waals surface area contributed by atoms with Gasteiger partial charge in [0.15, 0.2) is 6.35 Å². The number of hydrogen-bond donors (Lipinski definition) is 2. The van der Waals surface area contributed by atoms with Crippen LogP contribution in [0.3, 0.4) is 0 Å². The van der Waals surface area contributed by atoms with Crippen LogP contribution in [0.4, 0.5) is 4.79 Å². The number of nitrogens with zero attached hydrogens (tertiary/aromatic N) is 1. The van der Waals surface area contributed by atoms with Crippen LogP contribution in [0.2, 0.25) is 0 Å². The molecular formula is C18H20NO6P. The van der Waals surface area contributed by atoms with E-state index in [2.05, 4.69) is 0 Å². The summed E-state index contributed by atoms with van der Waals surface area (Å²) in [7, 11) is -4.21. The molecular weight excluding hydrogens is 357 g/mol. The summed E-state index contributed by atoms with van der Waals surface area (Å²) in [6, 6.07) is 14.7. The molecule has 2 aromatic rings. The monoisotopic (exact) mass is 377 g/mol. The van der Waals surface area contributed by atoms with Crippen LogP contribution in [-0.4, -0.2) is 33.7 Å². The summed E-state index contributed by atoms with van der Waals surface area (Å²) in [4.78, 5) is 31.6. The van der Waals surface area contributed by atoms with E-state index in [-0.39, 0.29) is 12.7 Å². The van der Waals surface area contributed by atoms with Gasteiger partial charge in [0.1, 0.15) is 12.4 Å². The number of rotatable bonds is 5. The Morgan fingerprint density at radius 2 is 1.88 bits per heavy atom. The number of amides is 1. The van der Waals surface area contributed by atoms with Crippen molar-refractivity contribution in [1.82, 2.24) is 4.90 Å². The molecule has 7 nitrogen and oxygen atoms in total. The predicted molar refractivity (Wildman–Crippen MR) is 94.7 cm³/mol. The summed E-state index contributed by atoms with van der Waals surface area (Å²) in [5.41, 5.74) is 2.90. The molecule has 2 aromatic carbocycles. The second kappa shape index (κ2) is 7.91. The standard InChI is InChI=1S/C18H20NO6P/c20-18(24-12-14-4-2-1-3-5-14)19-9-8-15-10-17(7-6-16(15)11-19)25-13-26(21,22)23/h1-7,10H,8-9,11-13H2,(H2,21,22,23). The van der Waals surface area contributed by atoms with Crippen molar-refractivity contribution in [2.45, 2.75) is 19.6 Å². The van der Waals surface area contributed by atoms with Crippen molar-refractivity contribution in [3.63, 3.8) is 0 Å². The van der Waals surface area contributed by atoms with E-state index >= 15 is 0 Å². The van der Waals surface area contributed by atoms with Gasteiger partial charge in [0.2, 0.25) is 0 Å². The Bertz CT molecular complexity index is 820. The van der Waals surface area contributed by atoms with Crippen molar-refractivity contribution in [3.05, 3.63) is 65.2 Å². The van der Waals surface area contributed by atoms with Crippen LogP contribution in [0.5, 0.6) is 5.75 Å². The van der Waals surface area contributed by atoms with Crippen LogP contribution in [0, 0.1) is 0 Å². The second-order valence-electron chi connectivity index (χ2n) is 6.08. The fourth-order valence-corrected chi connectivity index (χ4v) is 3.06. The SMILES string of the molecule is O=C(OCc1ccccc1)N1CCc2cc(OCP(=O)(O)O)ccc2C1. The summed E-state index contributed by atoms with van der Waals surface area (Å²) in [6.45, 7) is 1.18. The van der Waals surface area contributed by atoms with E-state index in [1.165, 1.54) is 0 Å². The van der Waals surface area contributed by atoms with Gasteiger partial charge in [-0.2, -0.15) is 0 Å². The molecule has 1 aliphatic heterocycles. The molecule has 0 unspecified atom stereocenters. The Morgan fingerprint density at radius 3 is 2.62 bits per heavy atom. The van der Waals surface area contributed by atoms with Crippen molar-refractivity contribution < 1.29 is 28.6 Å². The molecule has 0 aliphatic carbocycles. The van der Waals surface area contributed by atoms with Crippen LogP contribution < -0.4 is 4.74 Å². The number of fused-ring (bicyclic) bond motifs is 1. The van der Waals surface area contributed by atoms with Gasteiger partial charge in [0, 0.05) is 13.1 Å². The Balaban J connectivity index is 1.57. The van der Waals surface area contributed by atoms with Gasteiger partial charge < -0.3 is 24.2 Å². The number of carbonyl (C=O) groups excluding carboxylic acids is 1. The maximum Gasteiger partial charge on any atom is 0.410 e. The quantitative estimate of drug-likeness (QED) is 0.778. The molecule has 0 radical (unpaired) electrons. The summed E-state index contributed by atoms with van der Waals surface area (Å²) in [5.74, 6) is 0.409. The van der Waals surface area contributed by atoms with Crippen molar-refractivity contribution in [2.75, 3.05) is 12.9 Å². The van der Waals surface area contributed by atoms with E-state index in [0.717, 1.165) is 16.7 Å². The zero-order valence-corrected chi connectivity index (χ0v) is 15.0. The van der Waals surface area contributed by atoms with E-state index < -0.39 is 13.9 Å². The molecule has 0 saturated carbocycles. The van der Waals surface area contributed by atoms with E-state index in [1.54, 1.807) is 23.1 Å². The highest BCUT2D eigenvalue weighted by Gasteiger charge is 2.22. The number of ether oxygens (including phenoxy) is 2. The first-order valence-electron chi connectivity index (χ1n) is 8.15. The molecule has 8 heteroatoms. The minimum absolute atomic E-state index is 0.234. The first kappa shape index (κ1) is 18.5. The van der Waals surface area contributed by atoms with Crippen LogP contribution in [0.15, 0.2) is 48.5 Å². The van der Waals surface area contributed by atoms with Gasteiger partial charge in [-0.1, -0.05) is 36.4 Å². The predicted octanol–water partition coefficient (Wildman–Crippen LogP) is 2.90. The molecule has 0 aromatic heterocycles. The first-order chi connectivity index (χ1) is 12.4. The molecule has 1 amide bonds. The third-order valence-electron chi connectivity index (χ3n) is 4.05. The second-order valence-corrected chi connectivity index (χ2v) is 7.67. The highest BCUT2D eigenvalue weighted by Crippen LogP contribution is 2.35. The van der Waals surface area contributed by atoms with Gasteiger partial charge in [0.05, 0.1) is 0 Å². The van der Waals surface area contributed by atoms with Gasteiger partial charge in [-0.05, 0) is 35.2 Å². The Hall–Kier alpha value is -2.34. The molecule has 0 saturated heterocycles. The van der Waals surface area contributed by atoms with Crippen molar-refractivity contribution in [3.8, 4) is 5.75 Å². The zero-order valence-electron chi connectivity index (χ0n) is 14.1. The minimum Gasteiger partial charge on any atom is -0.481 e. The highest BCUT2D eigenvalue weighted by atomic mass is 31.2. The summed E-state index contributed by atoms with van der Waals surface area (Å²) in [6.07, 6.45) is -0.381. The lowest BCUT2D eigenvalue weighted by Gasteiger charge is -2.28. The minimum atomic E-state index is -4.21. The fourth-order valence-electron chi connectivity index (χ4n) is 2.74. The topological polar surface area (TPSA) is 96.3 Å². The van der Waals surface area contributed by atoms with Crippen LogP contribution >= 0.6 is 7.60 Å². The maximum atomic E-state index is 12.3. The summed E-state index contributed by atoms with van der Waals surface area (Å²) >= 11 is 0. The molecule has 138 valence electrons. The summed E-state index contributed by atoms with van der Waals surface area (Å²) < 4.78 is 21.4. The maximum absolute atomic E-state index is 12.3. The molecule has 0 atom stereocenters.